The van der Waals surface area contributed by atoms with Crippen molar-refractivity contribution in [3.8, 4) is 0 Å². The fourth-order valence-corrected chi connectivity index (χ4v) is 1.13. The topological polar surface area (TPSA) is 40.1 Å². The number of hydrogen-bond acceptors (Lipinski definition) is 2. The molecule has 66 valence electrons. The van der Waals surface area contributed by atoms with Gasteiger partial charge < -0.3 is 4.55 Å². The van der Waals surface area contributed by atoms with E-state index >= 15 is 0 Å². The first kappa shape index (κ1) is 9.21. The number of hydrogen-bond donors (Lipinski definition) is 0. The van der Waals surface area contributed by atoms with E-state index in [1.165, 1.54) is 0 Å². The molecule has 6 heteroatoms. The van der Waals surface area contributed by atoms with Crippen LogP contribution in [-0.2, 0) is 11.1 Å². The highest BCUT2D eigenvalue weighted by molar-refractivity contribution is 7.79. The van der Waals surface area contributed by atoms with Crippen LogP contribution in [0.25, 0.3) is 0 Å². The molecule has 0 aliphatic heterocycles. The maximum absolute atomic E-state index is 12.5. The molecule has 1 rings (SSSR count). The fraction of sp³-hybridized carbons (Fsp3) is 0. The number of benzene rings is 1. The minimum Gasteiger partial charge on any atom is -0.768 e. The van der Waals surface area contributed by atoms with Crippen molar-refractivity contribution in [3.05, 3.63) is 29.6 Å². The highest BCUT2D eigenvalue weighted by Crippen LogP contribution is 2.17. The van der Waals surface area contributed by atoms with E-state index in [9.17, 15) is 21.9 Å². The van der Waals surface area contributed by atoms with E-state index in [0.717, 1.165) is 0 Å². The van der Waals surface area contributed by atoms with E-state index in [1.807, 2.05) is 0 Å². The Bertz CT molecular complexity index is 340. The highest BCUT2D eigenvalue weighted by Gasteiger charge is 2.13. The standard InChI is InChI=1S/C6H3F3O2S/c7-3-1-2-4(8)6(5(3)9)12(10)11/h1-2H,(H,10,11)/p-1. The summed E-state index contributed by atoms with van der Waals surface area (Å²) in [4.78, 5) is -1.27. The second kappa shape index (κ2) is 3.24. The largest absolute Gasteiger partial charge is 0.768 e. The Balaban J connectivity index is 3.43. The lowest BCUT2D eigenvalue weighted by molar-refractivity contribution is 0.451. The van der Waals surface area contributed by atoms with Gasteiger partial charge >= 0.3 is 0 Å². The molecule has 0 aliphatic carbocycles. The molecular weight excluding hydrogens is 193 g/mol. The zero-order chi connectivity index (χ0) is 9.30. The Kier molecular flexibility index (Phi) is 2.49. The smallest absolute Gasteiger partial charge is 0.176 e. The summed E-state index contributed by atoms with van der Waals surface area (Å²) < 4.78 is 57.6. The van der Waals surface area contributed by atoms with E-state index in [1.54, 1.807) is 0 Å². The lowest BCUT2D eigenvalue weighted by Crippen LogP contribution is -2.00. The molecule has 0 aliphatic rings. The van der Waals surface area contributed by atoms with Crippen LogP contribution in [-0.4, -0.2) is 8.76 Å². The average molecular weight is 195 g/mol. The molecule has 0 bridgehead atoms. The molecular formula is C6H2F3O2S-. The van der Waals surface area contributed by atoms with Crippen LogP contribution in [0.5, 0.6) is 0 Å². The van der Waals surface area contributed by atoms with Gasteiger partial charge in [-0.3, -0.25) is 4.21 Å². The van der Waals surface area contributed by atoms with Crippen LogP contribution >= 0.6 is 0 Å². The minimum atomic E-state index is -3.10. The van der Waals surface area contributed by atoms with Crippen LogP contribution in [0.4, 0.5) is 13.2 Å². The molecule has 0 saturated carbocycles. The summed E-state index contributed by atoms with van der Waals surface area (Å²) >= 11 is -3.10. The SMILES string of the molecule is O=S([O-])c1c(F)ccc(F)c1F. The molecule has 2 nitrogen and oxygen atoms in total. The Morgan fingerprint density at radius 3 is 2.08 bits per heavy atom. The molecule has 1 aromatic carbocycles. The summed E-state index contributed by atoms with van der Waals surface area (Å²) in [5, 5.41) is 0. The van der Waals surface area contributed by atoms with Crippen molar-refractivity contribution in [2.24, 2.45) is 0 Å². The summed E-state index contributed by atoms with van der Waals surface area (Å²) in [6, 6.07) is 1.06. The van der Waals surface area contributed by atoms with Crippen LogP contribution in [0.3, 0.4) is 0 Å². The summed E-state index contributed by atoms with van der Waals surface area (Å²) in [7, 11) is 0. The highest BCUT2D eigenvalue weighted by atomic mass is 32.2. The van der Waals surface area contributed by atoms with Gasteiger partial charge in [0.25, 0.3) is 0 Å². The molecule has 1 unspecified atom stereocenters. The van der Waals surface area contributed by atoms with Crippen molar-refractivity contribution in [1.82, 2.24) is 0 Å². The van der Waals surface area contributed by atoms with Crippen molar-refractivity contribution in [1.29, 1.82) is 0 Å². The Morgan fingerprint density at radius 2 is 1.67 bits per heavy atom. The quantitative estimate of drug-likeness (QED) is 0.501. The minimum absolute atomic E-state index is 0.515. The first-order valence-electron chi connectivity index (χ1n) is 2.77. The summed E-state index contributed by atoms with van der Waals surface area (Å²) in [5.41, 5.74) is 0. The average Bonchev–Trinajstić information content (AvgIpc) is 1.97. The summed E-state index contributed by atoms with van der Waals surface area (Å²) in [5.74, 6) is -4.39. The molecule has 0 N–H and O–H groups in total. The first-order valence-corrected chi connectivity index (χ1v) is 3.84. The molecule has 0 spiro atoms. The lowest BCUT2D eigenvalue weighted by atomic mass is 10.3. The zero-order valence-corrected chi connectivity index (χ0v) is 6.33. The Morgan fingerprint density at radius 1 is 1.17 bits per heavy atom. The third-order valence-electron chi connectivity index (χ3n) is 1.17. The summed E-state index contributed by atoms with van der Waals surface area (Å²) in [6.45, 7) is 0. The summed E-state index contributed by atoms with van der Waals surface area (Å²) in [6.07, 6.45) is 0. The molecule has 0 saturated heterocycles. The molecule has 0 aromatic heterocycles. The van der Waals surface area contributed by atoms with Crippen molar-refractivity contribution in [2.45, 2.75) is 4.90 Å². The normalized spacial score (nSPS) is 13.0. The molecule has 1 aromatic rings. The van der Waals surface area contributed by atoms with Gasteiger partial charge in [-0.15, -0.1) is 0 Å². The van der Waals surface area contributed by atoms with Gasteiger partial charge in [0.2, 0.25) is 0 Å². The van der Waals surface area contributed by atoms with Crippen LogP contribution in [0.2, 0.25) is 0 Å². The molecule has 0 fully saturated rings. The Hall–Kier alpha value is -0.880. The molecule has 0 radical (unpaired) electrons. The van der Waals surface area contributed by atoms with Crippen LogP contribution in [0.15, 0.2) is 17.0 Å². The van der Waals surface area contributed by atoms with Crippen LogP contribution in [0.1, 0.15) is 0 Å². The van der Waals surface area contributed by atoms with E-state index in [-0.39, 0.29) is 0 Å². The number of halogens is 3. The molecule has 0 heterocycles. The van der Waals surface area contributed by atoms with Gasteiger partial charge in [-0.05, 0) is 23.2 Å². The Labute approximate surface area is 68.3 Å². The molecule has 0 amide bonds. The van der Waals surface area contributed by atoms with E-state index in [2.05, 4.69) is 0 Å². The van der Waals surface area contributed by atoms with Gasteiger partial charge in [-0.25, -0.2) is 13.2 Å². The lowest BCUT2D eigenvalue weighted by Gasteiger charge is -2.07. The van der Waals surface area contributed by atoms with Gasteiger partial charge in [0.05, 0.1) is 4.90 Å². The van der Waals surface area contributed by atoms with Gasteiger partial charge in [-0.2, -0.15) is 0 Å². The van der Waals surface area contributed by atoms with Crippen LogP contribution < -0.4 is 0 Å². The van der Waals surface area contributed by atoms with E-state index in [0.29, 0.717) is 12.1 Å². The van der Waals surface area contributed by atoms with Crippen molar-refractivity contribution in [3.63, 3.8) is 0 Å². The van der Waals surface area contributed by atoms with Gasteiger partial charge in [-0.1, -0.05) is 0 Å². The fourth-order valence-electron chi connectivity index (χ4n) is 0.661. The predicted molar refractivity (Wildman–Crippen MR) is 33.5 cm³/mol. The number of rotatable bonds is 1. The molecule has 1 atom stereocenters. The van der Waals surface area contributed by atoms with E-state index in [4.69, 9.17) is 0 Å². The predicted octanol–water partition coefficient (Wildman–Crippen LogP) is 1.34. The van der Waals surface area contributed by atoms with Crippen molar-refractivity contribution < 1.29 is 21.9 Å². The van der Waals surface area contributed by atoms with Crippen molar-refractivity contribution >= 4 is 11.1 Å². The zero-order valence-electron chi connectivity index (χ0n) is 5.51. The maximum atomic E-state index is 12.5. The van der Waals surface area contributed by atoms with Crippen LogP contribution in [0, 0.1) is 17.5 Å². The maximum Gasteiger partial charge on any atom is 0.176 e. The van der Waals surface area contributed by atoms with Gasteiger partial charge in [0, 0.05) is 0 Å². The van der Waals surface area contributed by atoms with Gasteiger partial charge in [0.1, 0.15) is 5.82 Å². The second-order valence-electron chi connectivity index (χ2n) is 1.91. The molecule has 12 heavy (non-hydrogen) atoms. The van der Waals surface area contributed by atoms with Gasteiger partial charge in [0.15, 0.2) is 11.6 Å². The monoisotopic (exact) mass is 195 g/mol. The third kappa shape index (κ3) is 1.49. The third-order valence-corrected chi connectivity index (χ3v) is 1.88. The second-order valence-corrected chi connectivity index (χ2v) is 2.78. The first-order chi connectivity index (χ1) is 5.54. The van der Waals surface area contributed by atoms with Crippen molar-refractivity contribution in [2.75, 3.05) is 0 Å². The van der Waals surface area contributed by atoms with E-state index < -0.39 is 33.4 Å².